The second kappa shape index (κ2) is 48.0. The first-order valence-electron chi connectivity index (χ1n) is 36.0. The Morgan fingerprint density at radius 3 is 1.22 bits per heavy atom. The molecule has 4 unspecified atom stereocenters. The summed E-state index contributed by atoms with van der Waals surface area (Å²) in [6.07, 6.45) is 16.1. The van der Waals surface area contributed by atoms with E-state index in [2.05, 4.69) is 0 Å². The number of oxazole rings is 2. The number of amides is 2. The van der Waals surface area contributed by atoms with E-state index in [1.54, 1.807) is 117 Å². The maximum atomic E-state index is 14.1. The molecule has 1 aliphatic heterocycles. The second-order valence-corrected chi connectivity index (χ2v) is 28.5. The molecular weight excluding hydrogens is 1340 g/mol. The largest absolute Gasteiger partial charge is 0.462 e. The molecule has 4 N–H and O–H groups in total. The molecule has 588 valence electrons. The van der Waals surface area contributed by atoms with E-state index in [9.17, 15) is 49.2 Å². The Hall–Kier alpha value is -6.40. The number of carbonyl (C=O) groups excluding carboxylic acids is 6. The Morgan fingerprint density at radius 2 is 0.904 bits per heavy atom. The number of aliphatic hydroxyl groups excluding tert-OH is 4. The highest BCUT2D eigenvalue weighted by Gasteiger charge is 2.44. The molecule has 2 aromatic rings. The fraction of sp³-hybridized carbons (Fsp3) is 0.692. The summed E-state index contributed by atoms with van der Waals surface area (Å²) in [6, 6.07) is 0. The molecule has 104 heavy (non-hydrogen) atoms. The number of aliphatic hydroxyl groups is 4. The molecule has 4 bridgehead atoms. The van der Waals surface area contributed by atoms with Crippen molar-refractivity contribution in [2.75, 3.05) is 71.0 Å². The van der Waals surface area contributed by atoms with Crippen molar-refractivity contribution in [1.82, 2.24) is 19.8 Å². The number of ketones is 2. The van der Waals surface area contributed by atoms with E-state index in [0.29, 0.717) is 62.7 Å². The average molecular weight is 1470 g/mol. The molecule has 26 heteroatoms. The molecule has 0 fully saturated rings. The van der Waals surface area contributed by atoms with Crippen molar-refractivity contribution in [2.45, 2.75) is 244 Å². The van der Waals surface area contributed by atoms with Crippen LogP contribution in [0.15, 0.2) is 94.5 Å². The molecule has 18 atom stereocenters. The summed E-state index contributed by atoms with van der Waals surface area (Å²) in [6.45, 7) is 14.6. The summed E-state index contributed by atoms with van der Waals surface area (Å²) >= 11 is 0. The van der Waals surface area contributed by atoms with Gasteiger partial charge in [-0.25, -0.2) is 9.97 Å². The van der Waals surface area contributed by atoms with Crippen molar-refractivity contribution in [2.24, 2.45) is 34.5 Å². The minimum absolute atomic E-state index is 0.0193. The van der Waals surface area contributed by atoms with Gasteiger partial charge in [-0.15, -0.1) is 0 Å². The van der Waals surface area contributed by atoms with Crippen molar-refractivity contribution in [3.63, 3.8) is 0 Å². The van der Waals surface area contributed by atoms with Gasteiger partial charge in [0, 0.05) is 145 Å². The highest BCUT2D eigenvalue weighted by molar-refractivity contribution is 5.81. The molecule has 0 saturated heterocycles. The summed E-state index contributed by atoms with van der Waals surface area (Å²) in [5.41, 5.74) is -1.47. The third-order valence-electron chi connectivity index (χ3n) is 20.2. The quantitative estimate of drug-likeness (QED) is 0.0391. The van der Waals surface area contributed by atoms with Crippen molar-refractivity contribution in [3.05, 3.63) is 109 Å². The monoisotopic (exact) mass is 1470 g/mol. The third kappa shape index (κ3) is 31.2. The normalized spacial score (nSPS) is 26.9. The number of cyclic esters (lactones) is 2. The van der Waals surface area contributed by atoms with E-state index in [4.69, 9.17) is 66.2 Å². The summed E-state index contributed by atoms with van der Waals surface area (Å²) in [4.78, 5) is 89.7. The Bertz CT molecular complexity index is 2810. The van der Waals surface area contributed by atoms with Crippen LogP contribution < -0.4 is 0 Å². The summed E-state index contributed by atoms with van der Waals surface area (Å²) < 4.78 is 70.9. The van der Waals surface area contributed by atoms with Crippen LogP contribution in [0, 0.1) is 34.5 Å². The Balaban J connectivity index is 1.99. The Labute approximate surface area is 616 Å². The van der Waals surface area contributed by atoms with Crippen LogP contribution in [0.4, 0.5) is 0 Å². The van der Waals surface area contributed by atoms with Gasteiger partial charge in [0.05, 0.1) is 86.7 Å². The van der Waals surface area contributed by atoms with Crippen LogP contribution in [0.2, 0.25) is 0 Å². The van der Waals surface area contributed by atoms with Gasteiger partial charge < -0.3 is 86.4 Å². The van der Waals surface area contributed by atoms with Crippen LogP contribution in [-0.4, -0.2) is 221 Å². The van der Waals surface area contributed by atoms with Gasteiger partial charge in [-0.1, -0.05) is 116 Å². The first-order chi connectivity index (χ1) is 49.4. The number of Topliss-reactive ketones (excluding diaryl/α,β-unsaturated/α-hetero) is 2. The summed E-state index contributed by atoms with van der Waals surface area (Å²) in [5, 5.41) is 47.1. The standard InChI is InChI=1S/C78H124N4O22/c1-51(33-35-61(87)53(3)63(95-13)31-25-37-81(9)49-83)67(99-17)43-71-77(5,6)69(89)45-73-79-59(47-101-73)65(97-15)29-23-20-22-28-58(94-12)40-56(86)42-76(92)104-72(44-68(100-18)52(2)34-36-62(88)54(4)64(96-14)32-26-38-82(10)50-84)78(7,8)70(90)46-74-80-60(48-102-74)66(98-16)30-24-19-21-27-57(93-11)39-55(85)41-75(91)103-71/h19-28,37-38,47-58,63-72,85-86,89-90H,29-36,39-46H2,1-18H3/b23-20+,24-19+,27-21+,28-22+,37-25+,38-26+/t51-,52-,53-,54-,55-,56-,57?,58?,63+,64+,65-,66-,67-,68-,69-,70-,71?,72?/m0/s1. The second-order valence-electron chi connectivity index (χ2n) is 28.5. The summed E-state index contributed by atoms with van der Waals surface area (Å²) in [5.74, 6) is -2.49. The number of esters is 2. The molecule has 3 heterocycles. The van der Waals surface area contributed by atoms with Crippen molar-refractivity contribution >= 4 is 36.3 Å². The van der Waals surface area contributed by atoms with Gasteiger partial charge in [-0.05, 0) is 50.4 Å². The number of rotatable bonds is 32. The SMILES string of the molecule is COC1/C=C/C=C/C[C@H](OC)c2coc(n2)C[C@H](O)C(C)(C)C(C[C@H](OC)[C@@H](C)CCC(=O)[C@H](C)[C@@H](C/C=C/N(C)C=O)OC)OC(=O)C[C@@H](O)CC(OC)/C=C/C=C/C[C@H](OC)c2coc(n2)C[C@H](O)C(C)(C)C(C[C@H](OC)[C@@H](C)CCC(=O)[C@H](C)[C@@H](C/C=C/N(C)C=O)OC)OC(=O)C[C@@H](O)C1. The number of carbonyl (C=O) groups is 6. The van der Waals surface area contributed by atoms with Crippen LogP contribution in [-0.2, 0) is 89.0 Å². The fourth-order valence-corrected chi connectivity index (χ4v) is 12.4. The first-order valence-corrected chi connectivity index (χ1v) is 36.0. The van der Waals surface area contributed by atoms with Gasteiger partial charge in [-0.2, -0.15) is 0 Å². The maximum absolute atomic E-state index is 14.1. The lowest BCUT2D eigenvalue weighted by molar-refractivity contribution is -0.169. The highest BCUT2D eigenvalue weighted by Crippen LogP contribution is 2.38. The van der Waals surface area contributed by atoms with Gasteiger partial charge >= 0.3 is 11.9 Å². The van der Waals surface area contributed by atoms with Crippen LogP contribution in [0.1, 0.15) is 181 Å². The van der Waals surface area contributed by atoms with Gasteiger partial charge in [-0.3, -0.25) is 28.8 Å². The maximum Gasteiger partial charge on any atom is 0.308 e. The zero-order valence-corrected chi connectivity index (χ0v) is 64.9. The molecular formula is C78H124N4O22. The lowest BCUT2D eigenvalue weighted by atomic mass is 9.75. The van der Waals surface area contributed by atoms with E-state index >= 15 is 0 Å². The fourth-order valence-electron chi connectivity index (χ4n) is 12.4. The van der Waals surface area contributed by atoms with Crippen LogP contribution in [0.25, 0.3) is 0 Å². The molecule has 0 saturated carbocycles. The van der Waals surface area contributed by atoms with Crippen LogP contribution in [0.3, 0.4) is 0 Å². The molecule has 0 aromatic carbocycles. The van der Waals surface area contributed by atoms with Crippen LogP contribution in [0.5, 0.6) is 0 Å². The smallest absolute Gasteiger partial charge is 0.308 e. The lowest BCUT2D eigenvalue weighted by Crippen LogP contribution is -2.46. The number of aromatic nitrogens is 2. The number of hydrogen-bond donors (Lipinski definition) is 4. The Morgan fingerprint density at radius 1 is 0.548 bits per heavy atom. The Kier molecular flexibility index (Phi) is 42.4. The molecule has 2 amide bonds. The number of ether oxygens (including phenoxy) is 10. The van der Waals surface area contributed by atoms with E-state index < -0.39 is 133 Å². The number of hydrogen-bond acceptors (Lipinski definition) is 24. The molecule has 1 aliphatic rings. The van der Waals surface area contributed by atoms with E-state index in [1.807, 2.05) is 39.8 Å². The highest BCUT2D eigenvalue weighted by atomic mass is 16.6. The number of allylic oxidation sites excluding steroid dienone is 4. The van der Waals surface area contributed by atoms with Crippen molar-refractivity contribution in [1.29, 1.82) is 0 Å². The van der Waals surface area contributed by atoms with E-state index in [0.717, 1.165) is 0 Å². The predicted octanol–water partition coefficient (Wildman–Crippen LogP) is 9.82. The number of methoxy groups -OCH3 is 8. The van der Waals surface area contributed by atoms with Crippen molar-refractivity contribution in [3.8, 4) is 0 Å². The number of nitrogens with zero attached hydrogens (tertiary/aromatic N) is 4. The van der Waals surface area contributed by atoms with E-state index in [-0.39, 0.29) is 86.6 Å². The summed E-state index contributed by atoms with van der Waals surface area (Å²) in [7, 11) is 15.4. The zero-order valence-electron chi connectivity index (χ0n) is 64.9. The van der Waals surface area contributed by atoms with Gasteiger partial charge in [0.15, 0.2) is 11.8 Å². The van der Waals surface area contributed by atoms with Gasteiger partial charge in [0.25, 0.3) is 0 Å². The average Bonchev–Trinajstić information content (AvgIpc) is 1.20. The molecule has 26 nitrogen and oxygen atoms in total. The zero-order chi connectivity index (χ0) is 77.7. The van der Waals surface area contributed by atoms with Gasteiger partial charge in [0.1, 0.15) is 59.9 Å². The van der Waals surface area contributed by atoms with Crippen LogP contribution >= 0.6 is 0 Å². The first kappa shape index (κ1) is 91.8. The minimum Gasteiger partial charge on any atom is -0.462 e. The minimum atomic E-state index is -1.21. The predicted molar refractivity (Wildman–Crippen MR) is 390 cm³/mol. The molecule has 0 radical (unpaired) electrons. The molecule has 0 spiro atoms. The van der Waals surface area contributed by atoms with Gasteiger partial charge in [0.2, 0.25) is 12.8 Å². The lowest BCUT2D eigenvalue weighted by Gasteiger charge is -2.40. The third-order valence-corrected chi connectivity index (χ3v) is 20.2. The topological polar surface area (TPSA) is 334 Å². The van der Waals surface area contributed by atoms with E-state index in [1.165, 1.54) is 65.0 Å². The van der Waals surface area contributed by atoms with Crippen molar-refractivity contribution < 1.29 is 105 Å². The molecule has 0 aliphatic carbocycles. The molecule has 2 aromatic heterocycles. The number of fused-ring (bicyclic) bond motifs is 4. The molecule has 3 rings (SSSR count).